The molecule has 0 atom stereocenters. The summed E-state index contributed by atoms with van der Waals surface area (Å²) in [5, 5.41) is 3.39. The molecule has 94 valence electrons. The zero-order valence-corrected chi connectivity index (χ0v) is 11.4. The van der Waals surface area contributed by atoms with Crippen LogP contribution in [0.1, 0.15) is 50.5 Å². The van der Waals surface area contributed by atoms with Crippen molar-refractivity contribution in [2.75, 3.05) is 6.54 Å². The smallest absolute Gasteiger partial charge is 0.129 e. The van der Waals surface area contributed by atoms with E-state index < -0.39 is 0 Å². The molecule has 0 radical (unpaired) electrons. The molecule has 1 N–H and O–H groups in total. The predicted octanol–water partition coefficient (Wildman–Crippen LogP) is 2.27. The van der Waals surface area contributed by atoms with Crippen LogP contribution in [0.3, 0.4) is 0 Å². The average molecular weight is 233 g/mol. The van der Waals surface area contributed by atoms with Crippen LogP contribution < -0.4 is 5.32 Å². The maximum atomic E-state index is 4.75. The van der Waals surface area contributed by atoms with Crippen molar-refractivity contribution < 1.29 is 0 Å². The Kier molecular flexibility index (Phi) is 3.48. The Labute approximate surface area is 104 Å². The van der Waals surface area contributed by atoms with Crippen LogP contribution in [0, 0.1) is 5.41 Å². The lowest BCUT2D eigenvalue weighted by molar-refractivity contribution is 0.398. The van der Waals surface area contributed by atoms with Crippen LogP contribution in [0.15, 0.2) is 0 Å². The van der Waals surface area contributed by atoms with Crippen LogP contribution in [0.25, 0.3) is 0 Å². The van der Waals surface area contributed by atoms with Crippen molar-refractivity contribution >= 4 is 0 Å². The highest BCUT2D eigenvalue weighted by atomic mass is 15.0. The van der Waals surface area contributed by atoms with Gasteiger partial charge in [0.1, 0.15) is 5.82 Å². The minimum absolute atomic E-state index is 0.251. The molecule has 0 unspecified atom stereocenters. The highest BCUT2D eigenvalue weighted by Gasteiger charge is 2.19. The zero-order valence-electron chi connectivity index (χ0n) is 11.4. The minimum atomic E-state index is 0.251. The van der Waals surface area contributed by atoms with Gasteiger partial charge in [0, 0.05) is 18.7 Å². The molecule has 1 aliphatic rings. The summed E-state index contributed by atoms with van der Waals surface area (Å²) in [6.07, 6.45) is 3.05. The lowest BCUT2D eigenvalue weighted by Gasteiger charge is -2.22. The van der Waals surface area contributed by atoms with Crippen LogP contribution in [-0.4, -0.2) is 16.5 Å². The fraction of sp³-hybridized carbons (Fsp3) is 0.714. The topological polar surface area (TPSA) is 37.8 Å². The molecule has 0 amide bonds. The molecular weight excluding hydrogens is 210 g/mol. The maximum absolute atomic E-state index is 4.75. The van der Waals surface area contributed by atoms with E-state index in [1.807, 2.05) is 0 Å². The van der Waals surface area contributed by atoms with Crippen molar-refractivity contribution in [3.63, 3.8) is 0 Å². The third kappa shape index (κ3) is 3.03. The van der Waals surface area contributed by atoms with Gasteiger partial charge in [0.05, 0.1) is 5.69 Å². The van der Waals surface area contributed by atoms with Gasteiger partial charge in [0.25, 0.3) is 0 Å². The number of aryl methyl sites for hydroxylation is 1. The Morgan fingerprint density at radius 2 is 2.00 bits per heavy atom. The van der Waals surface area contributed by atoms with E-state index in [0.29, 0.717) is 0 Å². The van der Waals surface area contributed by atoms with E-state index >= 15 is 0 Å². The maximum Gasteiger partial charge on any atom is 0.129 e. The third-order valence-electron chi connectivity index (χ3n) is 3.09. The molecule has 1 aromatic heterocycles. The van der Waals surface area contributed by atoms with Crippen LogP contribution in [-0.2, 0) is 25.8 Å². The number of fused-ring (bicyclic) bond motifs is 1. The standard InChI is InChI=1S/C14H23N3/c1-5-11-10-6-7-15-9-12(10)17-13(16-11)8-14(2,3)4/h15H,5-9H2,1-4H3. The summed E-state index contributed by atoms with van der Waals surface area (Å²) in [6, 6.07) is 0. The Morgan fingerprint density at radius 1 is 1.24 bits per heavy atom. The van der Waals surface area contributed by atoms with Crippen molar-refractivity contribution in [3.05, 3.63) is 22.8 Å². The molecule has 2 rings (SSSR count). The molecule has 0 spiro atoms. The van der Waals surface area contributed by atoms with Crippen molar-refractivity contribution in [2.24, 2.45) is 5.41 Å². The van der Waals surface area contributed by atoms with Crippen LogP contribution >= 0.6 is 0 Å². The molecule has 1 aromatic rings. The van der Waals surface area contributed by atoms with E-state index in [2.05, 4.69) is 33.0 Å². The number of aromatic nitrogens is 2. The summed E-state index contributed by atoms with van der Waals surface area (Å²) in [5.74, 6) is 1.01. The molecule has 0 aliphatic carbocycles. The minimum Gasteiger partial charge on any atom is -0.311 e. The second-order valence-corrected chi connectivity index (χ2v) is 6.03. The van der Waals surface area contributed by atoms with Gasteiger partial charge in [-0.2, -0.15) is 0 Å². The van der Waals surface area contributed by atoms with E-state index in [4.69, 9.17) is 9.97 Å². The first-order chi connectivity index (χ1) is 7.99. The highest BCUT2D eigenvalue weighted by Crippen LogP contribution is 2.22. The fourth-order valence-corrected chi connectivity index (χ4v) is 2.34. The first kappa shape index (κ1) is 12.5. The van der Waals surface area contributed by atoms with Crippen molar-refractivity contribution in [2.45, 2.75) is 53.5 Å². The third-order valence-corrected chi connectivity index (χ3v) is 3.09. The van der Waals surface area contributed by atoms with Gasteiger partial charge in [0.15, 0.2) is 0 Å². The van der Waals surface area contributed by atoms with Gasteiger partial charge in [-0.05, 0) is 30.4 Å². The number of nitrogens with zero attached hydrogens (tertiary/aromatic N) is 2. The zero-order chi connectivity index (χ0) is 12.5. The van der Waals surface area contributed by atoms with Crippen molar-refractivity contribution in [1.82, 2.24) is 15.3 Å². The normalized spacial score (nSPS) is 15.8. The molecule has 2 heterocycles. The van der Waals surface area contributed by atoms with Gasteiger partial charge in [-0.25, -0.2) is 9.97 Å². The lowest BCUT2D eigenvalue weighted by Crippen LogP contribution is -2.27. The monoisotopic (exact) mass is 233 g/mol. The number of hydrogen-bond donors (Lipinski definition) is 1. The Morgan fingerprint density at radius 3 is 2.65 bits per heavy atom. The molecule has 1 aliphatic heterocycles. The van der Waals surface area contributed by atoms with Crippen LogP contribution in [0.4, 0.5) is 0 Å². The van der Waals surface area contributed by atoms with Gasteiger partial charge in [0.2, 0.25) is 0 Å². The van der Waals surface area contributed by atoms with E-state index in [0.717, 1.165) is 38.2 Å². The molecule has 17 heavy (non-hydrogen) atoms. The van der Waals surface area contributed by atoms with E-state index in [1.54, 1.807) is 0 Å². The van der Waals surface area contributed by atoms with Gasteiger partial charge in [-0.3, -0.25) is 0 Å². The largest absolute Gasteiger partial charge is 0.311 e. The van der Waals surface area contributed by atoms with Gasteiger partial charge >= 0.3 is 0 Å². The highest BCUT2D eigenvalue weighted by molar-refractivity contribution is 5.28. The van der Waals surface area contributed by atoms with E-state index in [9.17, 15) is 0 Å². The molecule has 0 bridgehead atoms. The van der Waals surface area contributed by atoms with Crippen LogP contribution in [0.2, 0.25) is 0 Å². The number of rotatable bonds is 2. The summed E-state index contributed by atoms with van der Waals surface area (Å²) < 4.78 is 0. The molecule has 0 saturated heterocycles. The van der Waals surface area contributed by atoms with Crippen molar-refractivity contribution in [3.8, 4) is 0 Å². The lowest BCUT2D eigenvalue weighted by atomic mass is 9.91. The van der Waals surface area contributed by atoms with Crippen molar-refractivity contribution in [1.29, 1.82) is 0 Å². The molecule has 0 fully saturated rings. The molecule has 3 nitrogen and oxygen atoms in total. The molecule has 0 aromatic carbocycles. The summed E-state index contributed by atoms with van der Waals surface area (Å²) in [5.41, 5.74) is 4.13. The Hall–Kier alpha value is -0.960. The summed E-state index contributed by atoms with van der Waals surface area (Å²) >= 11 is 0. The van der Waals surface area contributed by atoms with E-state index in [1.165, 1.54) is 17.0 Å². The molecule has 3 heteroatoms. The van der Waals surface area contributed by atoms with Gasteiger partial charge in [-0.15, -0.1) is 0 Å². The van der Waals surface area contributed by atoms with E-state index in [-0.39, 0.29) is 5.41 Å². The summed E-state index contributed by atoms with van der Waals surface area (Å²) in [6.45, 7) is 10.9. The second kappa shape index (κ2) is 4.73. The molecule has 0 saturated carbocycles. The Bertz CT molecular complexity index is 387. The summed E-state index contributed by atoms with van der Waals surface area (Å²) in [7, 11) is 0. The first-order valence-corrected chi connectivity index (χ1v) is 6.58. The quantitative estimate of drug-likeness (QED) is 0.851. The second-order valence-electron chi connectivity index (χ2n) is 6.03. The van der Waals surface area contributed by atoms with Crippen LogP contribution in [0.5, 0.6) is 0 Å². The SMILES string of the molecule is CCc1nc(CC(C)(C)C)nc2c1CCNC2. The number of hydrogen-bond acceptors (Lipinski definition) is 3. The van der Waals surface area contributed by atoms with Gasteiger partial charge < -0.3 is 5.32 Å². The molecular formula is C14H23N3. The fourth-order valence-electron chi connectivity index (χ4n) is 2.34. The average Bonchev–Trinajstić information content (AvgIpc) is 2.25. The Balaban J connectivity index is 2.36. The first-order valence-electron chi connectivity index (χ1n) is 6.58. The number of nitrogens with one attached hydrogen (secondary N) is 1. The summed E-state index contributed by atoms with van der Waals surface area (Å²) in [4.78, 5) is 9.48. The van der Waals surface area contributed by atoms with Gasteiger partial charge in [-0.1, -0.05) is 27.7 Å². The predicted molar refractivity (Wildman–Crippen MR) is 70.0 cm³/mol.